The van der Waals surface area contributed by atoms with Gasteiger partial charge in [0.15, 0.2) is 0 Å². The molecule has 2 rings (SSSR count). The van der Waals surface area contributed by atoms with E-state index in [0.29, 0.717) is 11.1 Å². The number of nitrogens with one attached hydrogen (secondary N) is 1. The highest BCUT2D eigenvalue weighted by atomic mass is 32.2. The fourth-order valence-corrected chi connectivity index (χ4v) is 2.84. The summed E-state index contributed by atoms with van der Waals surface area (Å²) in [6.07, 6.45) is 3.64. The molecule has 0 amide bonds. The average molecular weight is 254 g/mol. The van der Waals surface area contributed by atoms with Crippen molar-refractivity contribution in [3.8, 4) is 0 Å². The minimum atomic E-state index is -3.65. The Kier molecular flexibility index (Phi) is 3.14. The molecule has 5 heteroatoms. The smallest absolute Gasteiger partial charge is 0.240 e. The van der Waals surface area contributed by atoms with Gasteiger partial charge >= 0.3 is 0 Å². The van der Waals surface area contributed by atoms with E-state index in [1.807, 2.05) is 0 Å². The third-order valence-corrected chi connectivity index (χ3v) is 4.43. The van der Waals surface area contributed by atoms with Gasteiger partial charge < -0.3 is 5.32 Å². The highest BCUT2D eigenvalue weighted by Gasteiger charge is 2.31. The van der Waals surface area contributed by atoms with Gasteiger partial charge in [0.1, 0.15) is 4.90 Å². The van der Waals surface area contributed by atoms with Crippen LogP contribution in [0.2, 0.25) is 0 Å². The topological polar surface area (TPSA) is 72.2 Å². The first-order valence-corrected chi connectivity index (χ1v) is 7.31. The maximum atomic E-state index is 11.4. The van der Waals surface area contributed by atoms with E-state index in [0.717, 1.165) is 6.54 Å². The summed E-state index contributed by atoms with van der Waals surface area (Å²) in [5.41, 5.74) is 0.897. The van der Waals surface area contributed by atoms with Crippen LogP contribution in [0.4, 0.5) is 5.69 Å². The zero-order chi connectivity index (χ0) is 12.5. The molecule has 1 aliphatic rings. The molecule has 0 unspecified atom stereocenters. The molecule has 17 heavy (non-hydrogen) atoms. The number of hydrogen-bond acceptors (Lipinski definition) is 3. The fourth-order valence-electron chi connectivity index (χ4n) is 2.13. The number of rotatable bonds is 4. The SMILES string of the molecule is CC1(CNc2ccccc2S(N)(=O)=O)CCC1. The van der Waals surface area contributed by atoms with Crippen LogP contribution in [0.15, 0.2) is 29.2 Å². The van der Waals surface area contributed by atoms with Gasteiger partial charge in [0.05, 0.1) is 5.69 Å². The predicted molar refractivity (Wildman–Crippen MR) is 68.3 cm³/mol. The molecule has 0 heterocycles. The Morgan fingerprint density at radius 1 is 1.35 bits per heavy atom. The van der Waals surface area contributed by atoms with Gasteiger partial charge in [-0.3, -0.25) is 0 Å². The maximum absolute atomic E-state index is 11.4. The first-order valence-electron chi connectivity index (χ1n) is 5.76. The summed E-state index contributed by atoms with van der Waals surface area (Å²) in [5, 5.41) is 8.38. The second kappa shape index (κ2) is 4.31. The average Bonchev–Trinajstić information content (AvgIpc) is 2.23. The van der Waals surface area contributed by atoms with Crippen LogP contribution < -0.4 is 10.5 Å². The number of nitrogens with two attached hydrogens (primary N) is 1. The molecular formula is C12H18N2O2S. The molecule has 1 fully saturated rings. The number of para-hydroxylation sites is 1. The Bertz CT molecular complexity index is 507. The zero-order valence-corrected chi connectivity index (χ0v) is 10.8. The van der Waals surface area contributed by atoms with E-state index in [2.05, 4.69) is 12.2 Å². The van der Waals surface area contributed by atoms with Crippen LogP contribution in [0.5, 0.6) is 0 Å². The number of primary sulfonamides is 1. The number of hydrogen-bond donors (Lipinski definition) is 2. The van der Waals surface area contributed by atoms with Crippen molar-refractivity contribution in [2.24, 2.45) is 10.6 Å². The fraction of sp³-hybridized carbons (Fsp3) is 0.500. The van der Waals surface area contributed by atoms with Crippen molar-refractivity contribution >= 4 is 15.7 Å². The number of benzene rings is 1. The summed E-state index contributed by atoms with van der Waals surface area (Å²) in [4.78, 5) is 0.169. The minimum absolute atomic E-state index is 0.169. The van der Waals surface area contributed by atoms with Crippen LogP contribution in [-0.2, 0) is 10.0 Å². The van der Waals surface area contributed by atoms with Gasteiger partial charge in [0.25, 0.3) is 0 Å². The maximum Gasteiger partial charge on any atom is 0.240 e. The van der Waals surface area contributed by atoms with Crippen LogP contribution in [0, 0.1) is 5.41 Å². The first-order chi connectivity index (χ1) is 7.91. The second-order valence-electron chi connectivity index (χ2n) is 5.06. The highest BCUT2D eigenvalue weighted by molar-refractivity contribution is 7.89. The van der Waals surface area contributed by atoms with Crippen LogP contribution >= 0.6 is 0 Å². The molecule has 0 radical (unpaired) electrons. The molecule has 0 bridgehead atoms. The molecule has 94 valence electrons. The van der Waals surface area contributed by atoms with E-state index in [9.17, 15) is 8.42 Å². The summed E-state index contributed by atoms with van der Waals surface area (Å²) in [6.45, 7) is 3.00. The van der Waals surface area contributed by atoms with Crippen molar-refractivity contribution in [1.29, 1.82) is 0 Å². The van der Waals surface area contributed by atoms with Crippen LogP contribution in [0.25, 0.3) is 0 Å². The van der Waals surface area contributed by atoms with Gasteiger partial charge in [0.2, 0.25) is 10.0 Å². The summed E-state index contributed by atoms with van der Waals surface area (Å²) in [5.74, 6) is 0. The molecule has 1 saturated carbocycles. The third-order valence-electron chi connectivity index (χ3n) is 3.46. The van der Waals surface area contributed by atoms with Crippen LogP contribution in [-0.4, -0.2) is 15.0 Å². The van der Waals surface area contributed by atoms with Gasteiger partial charge in [0, 0.05) is 6.54 Å². The molecule has 0 aliphatic heterocycles. The molecule has 0 atom stereocenters. The van der Waals surface area contributed by atoms with E-state index in [1.54, 1.807) is 18.2 Å². The summed E-state index contributed by atoms with van der Waals surface area (Å²) >= 11 is 0. The van der Waals surface area contributed by atoms with Gasteiger partial charge in [-0.15, -0.1) is 0 Å². The summed E-state index contributed by atoms with van der Waals surface area (Å²) in [7, 11) is -3.65. The molecule has 1 aromatic rings. The van der Waals surface area contributed by atoms with Gasteiger partial charge in [-0.25, -0.2) is 13.6 Å². The molecule has 4 nitrogen and oxygen atoms in total. The van der Waals surface area contributed by atoms with Crippen molar-refractivity contribution in [2.45, 2.75) is 31.1 Å². The molecule has 0 saturated heterocycles. The lowest BCUT2D eigenvalue weighted by Crippen LogP contribution is -2.33. The summed E-state index contributed by atoms with van der Waals surface area (Å²) < 4.78 is 22.8. The first kappa shape index (κ1) is 12.4. The molecule has 1 aromatic carbocycles. The van der Waals surface area contributed by atoms with E-state index < -0.39 is 10.0 Å². The largest absolute Gasteiger partial charge is 0.383 e. The van der Waals surface area contributed by atoms with E-state index in [1.165, 1.54) is 25.3 Å². The lowest BCUT2D eigenvalue weighted by atomic mass is 9.70. The Labute approximate surface area is 102 Å². The van der Waals surface area contributed by atoms with Crippen molar-refractivity contribution in [2.75, 3.05) is 11.9 Å². The molecule has 0 aromatic heterocycles. The Morgan fingerprint density at radius 3 is 2.53 bits per heavy atom. The van der Waals surface area contributed by atoms with Crippen molar-refractivity contribution in [3.63, 3.8) is 0 Å². The van der Waals surface area contributed by atoms with Crippen LogP contribution in [0.3, 0.4) is 0 Å². The predicted octanol–water partition coefficient (Wildman–Crippen LogP) is 1.94. The molecule has 3 N–H and O–H groups in total. The van der Waals surface area contributed by atoms with Gasteiger partial charge in [-0.1, -0.05) is 25.5 Å². The molecule has 1 aliphatic carbocycles. The Hall–Kier alpha value is -1.07. The van der Waals surface area contributed by atoms with Gasteiger partial charge in [-0.05, 0) is 30.4 Å². The number of anilines is 1. The van der Waals surface area contributed by atoms with E-state index in [4.69, 9.17) is 5.14 Å². The standard InChI is InChI=1S/C12H18N2O2S/c1-12(7-4-8-12)9-14-10-5-2-3-6-11(10)17(13,15)16/h2-3,5-6,14H,4,7-9H2,1H3,(H2,13,15,16). The van der Waals surface area contributed by atoms with Gasteiger partial charge in [-0.2, -0.15) is 0 Å². The lowest BCUT2D eigenvalue weighted by Gasteiger charge is -2.38. The highest BCUT2D eigenvalue weighted by Crippen LogP contribution is 2.40. The van der Waals surface area contributed by atoms with E-state index in [-0.39, 0.29) is 4.90 Å². The van der Waals surface area contributed by atoms with Crippen molar-refractivity contribution in [3.05, 3.63) is 24.3 Å². The lowest BCUT2D eigenvalue weighted by molar-refractivity contribution is 0.180. The summed E-state index contributed by atoms with van der Waals surface area (Å²) in [6, 6.07) is 6.76. The third kappa shape index (κ3) is 2.79. The van der Waals surface area contributed by atoms with Crippen molar-refractivity contribution < 1.29 is 8.42 Å². The monoisotopic (exact) mass is 254 g/mol. The molecular weight excluding hydrogens is 236 g/mol. The van der Waals surface area contributed by atoms with E-state index >= 15 is 0 Å². The number of sulfonamides is 1. The minimum Gasteiger partial charge on any atom is -0.383 e. The molecule has 0 spiro atoms. The quantitative estimate of drug-likeness (QED) is 0.862. The second-order valence-corrected chi connectivity index (χ2v) is 6.59. The normalized spacial score (nSPS) is 18.5. The van der Waals surface area contributed by atoms with Crippen molar-refractivity contribution in [1.82, 2.24) is 0 Å². The zero-order valence-electron chi connectivity index (χ0n) is 9.94. The van der Waals surface area contributed by atoms with Crippen LogP contribution in [0.1, 0.15) is 26.2 Å². The Morgan fingerprint density at radius 2 is 2.00 bits per heavy atom. The Balaban J connectivity index is 2.16.